The van der Waals surface area contributed by atoms with Gasteiger partial charge in [-0.2, -0.15) is 0 Å². The van der Waals surface area contributed by atoms with Crippen molar-refractivity contribution in [1.29, 1.82) is 0 Å². The van der Waals surface area contributed by atoms with Crippen molar-refractivity contribution < 1.29 is 28.8 Å². The highest BCUT2D eigenvalue weighted by atomic mass is 16.7. The van der Waals surface area contributed by atoms with Gasteiger partial charge in [0.05, 0.1) is 28.2 Å². The van der Waals surface area contributed by atoms with Crippen LogP contribution in [0.5, 0.6) is 11.5 Å². The Hall–Kier alpha value is -3.95. The molecule has 7 rings (SSSR count). The number of nitro benzene ring substituents is 1. The summed E-state index contributed by atoms with van der Waals surface area (Å²) in [5.74, 6) is -0.458. The van der Waals surface area contributed by atoms with Gasteiger partial charge >= 0.3 is 0 Å². The molecule has 2 bridgehead atoms. The van der Waals surface area contributed by atoms with Gasteiger partial charge in [-0.3, -0.25) is 19.7 Å². The second-order valence-electron chi connectivity index (χ2n) is 9.04. The molecule has 0 radical (unpaired) electrons. The number of nitrogens with zero attached hydrogens (tertiary/aromatic N) is 3. The van der Waals surface area contributed by atoms with Gasteiger partial charge in [0.2, 0.25) is 18.6 Å². The number of carbonyl (C=O) groups excluding carboxylic acids is 2. The summed E-state index contributed by atoms with van der Waals surface area (Å²) in [7, 11) is 0. The number of amides is 2. The molecule has 0 aromatic heterocycles. The van der Waals surface area contributed by atoms with Gasteiger partial charge in [-0.1, -0.05) is 5.16 Å². The number of oxime groups is 1. The van der Waals surface area contributed by atoms with Gasteiger partial charge in [0.1, 0.15) is 6.10 Å². The zero-order chi connectivity index (χ0) is 22.4. The normalized spacial score (nSPS) is 32.6. The summed E-state index contributed by atoms with van der Waals surface area (Å²) < 4.78 is 10.8. The fourth-order valence-electron chi connectivity index (χ4n) is 6.40. The highest BCUT2D eigenvalue weighted by molar-refractivity contribution is 6.23. The van der Waals surface area contributed by atoms with E-state index in [1.165, 1.54) is 17.0 Å². The third-order valence-corrected chi connectivity index (χ3v) is 7.68. The van der Waals surface area contributed by atoms with E-state index in [9.17, 15) is 19.7 Å². The van der Waals surface area contributed by atoms with E-state index in [1.807, 2.05) is 0 Å². The maximum absolute atomic E-state index is 13.5. The lowest BCUT2D eigenvalue weighted by Gasteiger charge is -2.29. The van der Waals surface area contributed by atoms with Gasteiger partial charge in [0.25, 0.3) is 5.69 Å². The van der Waals surface area contributed by atoms with E-state index in [-0.39, 0.29) is 48.2 Å². The van der Waals surface area contributed by atoms with Crippen LogP contribution in [0.1, 0.15) is 12.0 Å². The molecular formula is C23H17N3O7. The molecule has 0 unspecified atom stereocenters. The van der Waals surface area contributed by atoms with E-state index in [0.29, 0.717) is 22.9 Å². The second-order valence-corrected chi connectivity index (χ2v) is 9.04. The number of hydrogen-bond acceptors (Lipinski definition) is 8. The summed E-state index contributed by atoms with van der Waals surface area (Å²) in [6.45, 7) is 0.113. The molecule has 0 N–H and O–H groups in total. The molecule has 3 heterocycles. The Morgan fingerprint density at radius 3 is 2.42 bits per heavy atom. The van der Waals surface area contributed by atoms with Gasteiger partial charge in [-0.25, -0.2) is 4.90 Å². The Morgan fingerprint density at radius 2 is 1.67 bits per heavy atom. The Kier molecular flexibility index (Phi) is 3.56. The van der Waals surface area contributed by atoms with E-state index < -0.39 is 16.8 Å². The number of hydrogen-bond donors (Lipinski definition) is 0. The molecule has 5 aliphatic rings. The largest absolute Gasteiger partial charge is 0.454 e. The number of rotatable bonds is 3. The van der Waals surface area contributed by atoms with Crippen molar-refractivity contribution >= 4 is 28.9 Å². The maximum Gasteiger partial charge on any atom is 0.269 e. The first kappa shape index (κ1) is 18.6. The van der Waals surface area contributed by atoms with Gasteiger partial charge in [-0.15, -0.1) is 0 Å². The highest BCUT2D eigenvalue weighted by Crippen LogP contribution is 2.62. The van der Waals surface area contributed by atoms with Crippen LogP contribution in [0.2, 0.25) is 0 Å². The molecule has 166 valence electrons. The summed E-state index contributed by atoms with van der Waals surface area (Å²) in [5.41, 5.74) is 1.92. The number of benzene rings is 2. The van der Waals surface area contributed by atoms with Crippen LogP contribution >= 0.6 is 0 Å². The number of carbonyl (C=O) groups is 2. The predicted octanol–water partition coefficient (Wildman–Crippen LogP) is 2.50. The standard InChI is InChI=1S/C23H17N3O7/c27-22-17-13-8-14(18(17)23(28)25(22)12-5-6-15-16(7-12)32-9-31-15)21-19(13)20(24-33-21)10-1-3-11(4-2-10)26(29)30/h1-7,13-14,17-19,21H,8-9H2/t13-,14-,17-,18-,19+,21-/m1/s1. The Balaban J connectivity index is 1.21. The highest BCUT2D eigenvalue weighted by Gasteiger charge is 2.70. The molecule has 2 amide bonds. The second kappa shape index (κ2) is 6.31. The molecule has 1 saturated heterocycles. The van der Waals surface area contributed by atoms with Crippen molar-refractivity contribution in [1.82, 2.24) is 0 Å². The summed E-state index contributed by atoms with van der Waals surface area (Å²) in [6, 6.07) is 11.3. The third-order valence-electron chi connectivity index (χ3n) is 7.68. The molecule has 2 aromatic carbocycles. The van der Waals surface area contributed by atoms with E-state index >= 15 is 0 Å². The summed E-state index contributed by atoms with van der Waals surface area (Å²) in [4.78, 5) is 44.5. The summed E-state index contributed by atoms with van der Waals surface area (Å²) >= 11 is 0. The Morgan fingerprint density at radius 1 is 0.939 bits per heavy atom. The minimum absolute atomic E-state index is 0.00115. The molecule has 33 heavy (non-hydrogen) atoms. The van der Waals surface area contributed by atoms with Gasteiger partial charge in [0.15, 0.2) is 11.5 Å². The van der Waals surface area contributed by atoms with Crippen LogP contribution in [0.15, 0.2) is 47.6 Å². The van der Waals surface area contributed by atoms with Crippen molar-refractivity contribution in [2.24, 2.45) is 34.7 Å². The number of ether oxygens (including phenoxy) is 2. The molecule has 6 atom stereocenters. The first-order chi connectivity index (χ1) is 16.0. The fraction of sp³-hybridized carbons (Fsp3) is 0.348. The third kappa shape index (κ3) is 2.35. The Bertz CT molecular complexity index is 1270. The van der Waals surface area contributed by atoms with E-state index in [1.54, 1.807) is 30.3 Å². The van der Waals surface area contributed by atoms with Crippen LogP contribution in [-0.2, 0) is 14.4 Å². The average Bonchev–Trinajstić information content (AvgIpc) is 3.61. The lowest BCUT2D eigenvalue weighted by molar-refractivity contribution is -0.384. The molecule has 3 fully saturated rings. The van der Waals surface area contributed by atoms with Crippen LogP contribution in [0.4, 0.5) is 11.4 Å². The van der Waals surface area contributed by atoms with E-state index in [2.05, 4.69) is 5.16 Å². The molecule has 2 aliphatic carbocycles. The zero-order valence-electron chi connectivity index (χ0n) is 17.1. The zero-order valence-corrected chi connectivity index (χ0v) is 17.1. The van der Waals surface area contributed by atoms with Crippen LogP contribution in [-0.4, -0.2) is 35.3 Å². The summed E-state index contributed by atoms with van der Waals surface area (Å²) in [6.07, 6.45) is 0.457. The smallest absolute Gasteiger partial charge is 0.269 e. The minimum Gasteiger partial charge on any atom is -0.454 e. The van der Waals surface area contributed by atoms with Crippen molar-refractivity contribution in [2.45, 2.75) is 12.5 Å². The SMILES string of the molecule is O=C1[C@@H]2[C@H]3C[C@@H]([C@H]4C(c5ccc([N+](=O)[O-])cc5)=NO[C@H]34)[C@H]2C(=O)N1c1ccc2c(c1)OCO2. The molecular weight excluding hydrogens is 430 g/mol. The topological polar surface area (TPSA) is 121 Å². The molecule has 2 saturated carbocycles. The first-order valence-corrected chi connectivity index (χ1v) is 10.8. The lowest BCUT2D eigenvalue weighted by Crippen LogP contribution is -2.41. The monoisotopic (exact) mass is 447 g/mol. The van der Waals surface area contributed by atoms with Gasteiger partial charge < -0.3 is 14.3 Å². The van der Waals surface area contributed by atoms with Crippen molar-refractivity contribution in [3.63, 3.8) is 0 Å². The van der Waals surface area contributed by atoms with Crippen molar-refractivity contribution in [2.75, 3.05) is 11.7 Å². The van der Waals surface area contributed by atoms with E-state index in [4.69, 9.17) is 14.3 Å². The number of non-ortho nitro benzene ring substituents is 1. The van der Waals surface area contributed by atoms with Crippen LogP contribution in [0.25, 0.3) is 0 Å². The van der Waals surface area contributed by atoms with Crippen LogP contribution < -0.4 is 14.4 Å². The number of fused-ring (bicyclic) bond motifs is 9. The van der Waals surface area contributed by atoms with Crippen molar-refractivity contribution in [3.8, 4) is 11.5 Å². The molecule has 10 heteroatoms. The predicted molar refractivity (Wildman–Crippen MR) is 112 cm³/mol. The number of imide groups is 1. The lowest BCUT2D eigenvalue weighted by atomic mass is 9.71. The van der Waals surface area contributed by atoms with E-state index in [0.717, 1.165) is 12.0 Å². The molecule has 0 spiro atoms. The number of anilines is 1. The van der Waals surface area contributed by atoms with Crippen LogP contribution in [0.3, 0.4) is 0 Å². The van der Waals surface area contributed by atoms with Crippen molar-refractivity contribution in [3.05, 3.63) is 58.1 Å². The van der Waals surface area contributed by atoms with Gasteiger partial charge in [-0.05, 0) is 36.6 Å². The van der Waals surface area contributed by atoms with Crippen LogP contribution in [0, 0.1) is 39.7 Å². The average molecular weight is 447 g/mol. The quantitative estimate of drug-likeness (QED) is 0.403. The first-order valence-electron chi connectivity index (χ1n) is 10.8. The maximum atomic E-state index is 13.5. The Labute approximate surface area is 186 Å². The number of nitro groups is 1. The molecule has 2 aromatic rings. The molecule has 3 aliphatic heterocycles. The summed E-state index contributed by atoms with van der Waals surface area (Å²) in [5, 5.41) is 15.3. The minimum atomic E-state index is -0.449. The fourth-order valence-corrected chi connectivity index (χ4v) is 6.40. The van der Waals surface area contributed by atoms with Gasteiger partial charge in [0, 0.05) is 35.6 Å². The molecule has 10 nitrogen and oxygen atoms in total.